The molecule has 0 spiro atoms. The maximum absolute atomic E-state index is 12.7. The molecule has 3 rings (SSSR count). The number of hydrogen-bond donors (Lipinski definition) is 1. The standard InChI is InChI=1S/C21H19N5O/c1-26(13-9-16-6-10-23-11-7-16)21(27)18-8-12-24-20(14-18)25-19-4-2-17(15-22)3-5-19/h2-8,10-12,14H,9,13H2,1H3,(H,24,25). The van der Waals surface area contributed by atoms with Crippen LogP contribution < -0.4 is 5.32 Å². The molecule has 27 heavy (non-hydrogen) atoms. The van der Waals surface area contributed by atoms with E-state index in [4.69, 9.17) is 5.26 Å². The maximum atomic E-state index is 12.7. The van der Waals surface area contributed by atoms with Crippen molar-refractivity contribution in [2.75, 3.05) is 18.9 Å². The second kappa shape index (κ2) is 8.59. The van der Waals surface area contributed by atoms with Crippen LogP contribution in [0.2, 0.25) is 0 Å². The summed E-state index contributed by atoms with van der Waals surface area (Å²) in [5.41, 5.74) is 3.10. The summed E-state index contributed by atoms with van der Waals surface area (Å²) >= 11 is 0. The van der Waals surface area contributed by atoms with Crippen LogP contribution in [0.5, 0.6) is 0 Å². The predicted molar refractivity (Wildman–Crippen MR) is 104 cm³/mol. The van der Waals surface area contributed by atoms with E-state index in [1.165, 1.54) is 0 Å². The molecule has 0 radical (unpaired) electrons. The second-order valence-electron chi connectivity index (χ2n) is 6.08. The average Bonchev–Trinajstić information content (AvgIpc) is 2.73. The molecule has 0 aliphatic heterocycles. The minimum atomic E-state index is -0.0608. The number of carbonyl (C=O) groups excluding carboxylic acids is 1. The molecule has 3 aromatic rings. The van der Waals surface area contributed by atoms with Crippen LogP contribution in [0.3, 0.4) is 0 Å². The zero-order valence-electron chi connectivity index (χ0n) is 15.0. The number of aromatic nitrogens is 2. The quantitative estimate of drug-likeness (QED) is 0.731. The third-order valence-electron chi connectivity index (χ3n) is 4.13. The molecular weight excluding hydrogens is 338 g/mol. The first-order valence-corrected chi connectivity index (χ1v) is 8.53. The van der Waals surface area contributed by atoms with Gasteiger partial charge in [-0.05, 0) is 60.5 Å². The molecule has 0 aliphatic carbocycles. The van der Waals surface area contributed by atoms with Crippen molar-refractivity contribution in [1.82, 2.24) is 14.9 Å². The van der Waals surface area contributed by atoms with Gasteiger partial charge in [-0.2, -0.15) is 5.26 Å². The number of nitrogens with zero attached hydrogens (tertiary/aromatic N) is 4. The van der Waals surface area contributed by atoms with Gasteiger partial charge in [0.05, 0.1) is 11.6 Å². The molecule has 1 aromatic carbocycles. The molecule has 6 heteroatoms. The van der Waals surface area contributed by atoms with Gasteiger partial charge in [-0.1, -0.05) is 0 Å². The Labute approximate surface area is 158 Å². The van der Waals surface area contributed by atoms with Gasteiger partial charge in [0.2, 0.25) is 0 Å². The van der Waals surface area contributed by atoms with Gasteiger partial charge < -0.3 is 10.2 Å². The van der Waals surface area contributed by atoms with Crippen LogP contribution in [-0.4, -0.2) is 34.4 Å². The Morgan fingerprint density at radius 1 is 1.11 bits per heavy atom. The fraction of sp³-hybridized carbons (Fsp3) is 0.143. The van der Waals surface area contributed by atoms with E-state index < -0.39 is 0 Å². The number of anilines is 2. The van der Waals surface area contributed by atoms with Gasteiger partial charge in [0.1, 0.15) is 5.82 Å². The van der Waals surface area contributed by atoms with E-state index in [9.17, 15) is 4.79 Å². The lowest BCUT2D eigenvalue weighted by molar-refractivity contribution is 0.0796. The van der Waals surface area contributed by atoms with Crippen molar-refractivity contribution >= 4 is 17.4 Å². The first-order chi connectivity index (χ1) is 13.2. The van der Waals surface area contributed by atoms with E-state index in [0.29, 0.717) is 23.5 Å². The van der Waals surface area contributed by atoms with Gasteiger partial charge in [0.25, 0.3) is 5.91 Å². The fourth-order valence-electron chi connectivity index (χ4n) is 2.58. The first kappa shape index (κ1) is 18.1. The van der Waals surface area contributed by atoms with Gasteiger partial charge in [0, 0.05) is 43.4 Å². The molecule has 2 heterocycles. The molecule has 0 bridgehead atoms. The van der Waals surface area contributed by atoms with Crippen LogP contribution >= 0.6 is 0 Å². The van der Waals surface area contributed by atoms with Crippen molar-refractivity contribution in [3.63, 3.8) is 0 Å². The highest BCUT2D eigenvalue weighted by Crippen LogP contribution is 2.17. The van der Waals surface area contributed by atoms with Crippen LogP contribution in [0.1, 0.15) is 21.5 Å². The molecule has 0 fully saturated rings. The summed E-state index contributed by atoms with van der Waals surface area (Å²) in [6.45, 7) is 0.615. The van der Waals surface area contributed by atoms with Crippen molar-refractivity contribution < 1.29 is 4.79 Å². The maximum Gasteiger partial charge on any atom is 0.253 e. The number of benzene rings is 1. The number of carbonyl (C=O) groups is 1. The summed E-state index contributed by atoms with van der Waals surface area (Å²) < 4.78 is 0. The lowest BCUT2D eigenvalue weighted by Crippen LogP contribution is -2.28. The lowest BCUT2D eigenvalue weighted by Gasteiger charge is -2.17. The van der Waals surface area contributed by atoms with E-state index in [1.807, 2.05) is 12.1 Å². The minimum Gasteiger partial charge on any atom is -0.341 e. The Bertz CT molecular complexity index is 948. The van der Waals surface area contributed by atoms with E-state index in [2.05, 4.69) is 21.4 Å². The van der Waals surface area contributed by atoms with E-state index in [0.717, 1.165) is 17.7 Å². The van der Waals surface area contributed by atoms with E-state index in [-0.39, 0.29) is 5.91 Å². The molecular formula is C21H19N5O. The van der Waals surface area contributed by atoms with Crippen molar-refractivity contribution in [1.29, 1.82) is 5.26 Å². The summed E-state index contributed by atoms with van der Waals surface area (Å²) in [4.78, 5) is 22.6. The van der Waals surface area contributed by atoms with Crippen LogP contribution in [0.15, 0.2) is 67.1 Å². The third kappa shape index (κ3) is 4.89. The minimum absolute atomic E-state index is 0.0608. The van der Waals surface area contributed by atoms with Crippen LogP contribution in [0.4, 0.5) is 11.5 Å². The molecule has 0 unspecified atom stereocenters. The Morgan fingerprint density at radius 3 is 2.56 bits per heavy atom. The van der Waals surface area contributed by atoms with Gasteiger partial charge in [-0.15, -0.1) is 0 Å². The van der Waals surface area contributed by atoms with Gasteiger partial charge in [0.15, 0.2) is 0 Å². The zero-order chi connectivity index (χ0) is 19.1. The first-order valence-electron chi connectivity index (χ1n) is 8.53. The predicted octanol–water partition coefficient (Wildman–Crippen LogP) is 3.41. The monoisotopic (exact) mass is 357 g/mol. The smallest absolute Gasteiger partial charge is 0.253 e. The largest absolute Gasteiger partial charge is 0.341 e. The molecule has 134 valence electrons. The molecule has 0 atom stereocenters. The van der Waals surface area contributed by atoms with Crippen LogP contribution in [-0.2, 0) is 6.42 Å². The summed E-state index contributed by atoms with van der Waals surface area (Å²) in [6, 6.07) is 16.5. The molecule has 0 aliphatic rings. The number of nitrogens with one attached hydrogen (secondary N) is 1. The molecule has 0 saturated heterocycles. The number of amides is 1. The van der Waals surface area contributed by atoms with Crippen LogP contribution in [0, 0.1) is 11.3 Å². The fourth-order valence-corrected chi connectivity index (χ4v) is 2.58. The molecule has 6 nitrogen and oxygen atoms in total. The molecule has 1 amide bonds. The molecule has 2 aromatic heterocycles. The summed E-state index contributed by atoms with van der Waals surface area (Å²) in [7, 11) is 1.79. The number of likely N-dealkylation sites (N-methyl/N-ethyl adjacent to an activating group) is 1. The second-order valence-corrected chi connectivity index (χ2v) is 6.08. The van der Waals surface area contributed by atoms with Gasteiger partial charge in [-0.25, -0.2) is 4.98 Å². The van der Waals surface area contributed by atoms with Gasteiger partial charge in [-0.3, -0.25) is 9.78 Å². The average molecular weight is 357 g/mol. The lowest BCUT2D eigenvalue weighted by atomic mass is 10.1. The Balaban J connectivity index is 1.64. The van der Waals surface area contributed by atoms with E-state index in [1.54, 1.807) is 66.9 Å². The number of nitriles is 1. The number of rotatable bonds is 6. The van der Waals surface area contributed by atoms with Crippen molar-refractivity contribution in [3.05, 3.63) is 83.8 Å². The number of pyridine rings is 2. The number of hydrogen-bond acceptors (Lipinski definition) is 5. The topological polar surface area (TPSA) is 81.9 Å². The molecule has 1 N–H and O–H groups in total. The molecule has 0 saturated carbocycles. The highest BCUT2D eigenvalue weighted by molar-refractivity contribution is 5.94. The Kier molecular flexibility index (Phi) is 5.75. The van der Waals surface area contributed by atoms with Crippen molar-refractivity contribution in [3.8, 4) is 6.07 Å². The highest BCUT2D eigenvalue weighted by atomic mass is 16.2. The summed E-state index contributed by atoms with van der Waals surface area (Å²) in [5.74, 6) is 0.516. The normalized spacial score (nSPS) is 10.1. The van der Waals surface area contributed by atoms with Crippen LogP contribution in [0.25, 0.3) is 0 Å². The van der Waals surface area contributed by atoms with Crippen molar-refractivity contribution in [2.24, 2.45) is 0 Å². The summed E-state index contributed by atoms with van der Waals surface area (Å²) in [5, 5.41) is 12.0. The SMILES string of the molecule is CN(CCc1ccncc1)C(=O)c1ccnc(Nc2ccc(C#N)cc2)c1. The zero-order valence-corrected chi connectivity index (χ0v) is 15.0. The Hall–Kier alpha value is -3.72. The van der Waals surface area contributed by atoms with E-state index >= 15 is 0 Å². The highest BCUT2D eigenvalue weighted by Gasteiger charge is 2.12. The van der Waals surface area contributed by atoms with Crippen molar-refractivity contribution in [2.45, 2.75) is 6.42 Å². The van der Waals surface area contributed by atoms with Gasteiger partial charge >= 0.3 is 0 Å². The Morgan fingerprint density at radius 2 is 1.85 bits per heavy atom. The third-order valence-corrected chi connectivity index (χ3v) is 4.13. The summed E-state index contributed by atoms with van der Waals surface area (Å²) in [6.07, 6.45) is 5.88.